The summed E-state index contributed by atoms with van der Waals surface area (Å²) in [6, 6.07) is 9.64. The van der Waals surface area contributed by atoms with E-state index in [-0.39, 0.29) is 11.8 Å². The number of rotatable bonds is 3. The molecule has 1 saturated heterocycles. The average molecular weight is 436 g/mol. The number of piperazine rings is 1. The lowest BCUT2D eigenvalue weighted by Gasteiger charge is -2.34. The molecule has 0 radical (unpaired) electrons. The number of carbonyl (C=O) groups is 2. The van der Waals surface area contributed by atoms with Crippen LogP contribution in [0.15, 0.2) is 48.9 Å². The summed E-state index contributed by atoms with van der Waals surface area (Å²) in [4.78, 5) is 38.7. The molecular formula is C22H20N4O4S. The van der Waals surface area contributed by atoms with Crippen molar-refractivity contribution >= 4 is 23.2 Å². The minimum absolute atomic E-state index is 0.0135. The van der Waals surface area contributed by atoms with Gasteiger partial charge in [0, 0.05) is 43.4 Å². The van der Waals surface area contributed by atoms with Crippen LogP contribution in [-0.4, -0.2) is 71.0 Å². The van der Waals surface area contributed by atoms with E-state index in [4.69, 9.17) is 9.47 Å². The summed E-state index contributed by atoms with van der Waals surface area (Å²) in [5, 5.41) is 0. The molecule has 0 atom stereocenters. The van der Waals surface area contributed by atoms with E-state index < -0.39 is 0 Å². The van der Waals surface area contributed by atoms with Gasteiger partial charge in [0.05, 0.1) is 11.1 Å². The highest BCUT2D eigenvalue weighted by atomic mass is 32.1. The number of nitrogens with zero attached hydrogens (tertiary/aromatic N) is 4. The molecule has 8 nitrogen and oxygen atoms in total. The van der Waals surface area contributed by atoms with Crippen LogP contribution in [0.4, 0.5) is 0 Å². The Balaban J connectivity index is 1.24. The Morgan fingerprint density at radius 1 is 0.871 bits per heavy atom. The molecule has 0 unspecified atom stereocenters. The molecule has 1 fully saturated rings. The Bertz CT molecular complexity index is 1110. The predicted molar refractivity (Wildman–Crippen MR) is 115 cm³/mol. The van der Waals surface area contributed by atoms with Crippen LogP contribution in [0.1, 0.15) is 20.2 Å². The predicted octanol–water partition coefficient (Wildman–Crippen LogP) is 2.57. The van der Waals surface area contributed by atoms with Crippen LogP contribution in [0.2, 0.25) is 0 Å². The number of ether oxygens (including phenoxy) is 2. The van der Waals surface area contributed by atoms with Gasteiger partial charge in [0.15, 0.2) is 11.5 Å². The van der Waals surface area contributed by atoms with Crippen molar-refractivity contribution in [2.45, 2.75) is 0 Å². The highest BCUT2D eigenvalue weighted by molar-refractivity contribution is 7.17. The van der Waals surface area contributed by atoms with Crippen LogP contribution >= 0.6 is 11.3 Å². The molecule has 3 aromatic rings. The zero-order valence-corrected chi connectivity index (χ0v) is 17.5. The van der Waals surface area contributed by atoms with Gasteiger partial charge >= 0.3 is 0 Å². The van der Waals surface area contributed by atoms with E-state index in [2.05, 4.69) is 9.97 Å². The number of thiophene rings is 1. The molecule has 5 rings (SSSR count). The third-order valence-electron chi connectivity index (χ3n) is 5.28. The van der Waals surface area contributed by atoms with Gasteiger partial charge in [0.1, 0.15) is 18.9 Å². The fourth-order valence-corrected chi connectivity index (χ4v) is 4.61. The topological polar surface area (TPSA) is 84.9 Å². The smallest absolute Gasteiger partial charge is 0.274 e. The van der Waals surface area contributed by atoms with Gasteiger partial charge in [-0.15, -0.1) is 11.3 Å². The van der Waals surface area contributed by atoms with Crippen molar-refractivity contribution in [1.29, 1.82) is 0 Å². The van der Waals surface area contributed by atoms with E-state index in [0.717, 1.165) is 21.9 Å². The van der Waals surface area contributed by atoms with Gasteiger partial charge in [0.25, 0.3) is 11.8 Å². The maximum atomic E-state index is 13.0. The summed E-state index contributed by atoms with van der Waals surface area (Å²) in [5.74, 6) is 1.31. The first-order chi connectivity index (χ1) is 15.2. The van der Waals surface area contributed by atoms with Gasteiger partial charge in [0.2, 0.25) is 0 Å². The maximum Gasteiger partial charge on any atom is 0.274 e. The van der Waals surface area contributed by atoms with Gasteiger partial charge in [-0.25, -0.2) is 4.98 Å². The standard InChI is InChI=1S/C22H20N4O4S/c27-21(16-14-23-5-6-24-16)25-7-9-26(10-8-25)22(28)20-4-3-19(31-20)15-1-2-17-18(13-15)30-12-11-29-17/h1-6,13-14H,7-12H2. The van der Waals surface area contributed by atoms with Crippen molar-refractivity contribution in [3.05, 3.63) is 59.5 Å². The Kier molecular flexibility index (Phi) is 5.25. The van der Waals surface area contributed by atoms with E-state index in [1.54, 1.807) is 9.80 Å². The zero-order chi connectivity index (χ0) is 21.2. The van der Waals surface area contributed by atoms with Gasteiger partial charge in [-0.2, -0.15) is 0 Å². The van der Waals surface area contributed by atoms with Crippen LogP contribution in [0, 0.1) is 0 Å². The van der Waals surface area contributed by atoms with E-state index in [1.807, 2.05) is 30.3 Å². The van der Waals surface area contributed by atoms with Crippen LogP contribution in [0.3, 0.4) is 0 Å². The summed E-state index contributed by atoms with van der Waals surface area (Å²) in [7, 11) is 0. The molecule has 0 bridgehead atoms. The lowest BCUT2D eigenvalue weighted by molar-refractivity contribution is 0.0534. The Labute approximate surface area is 183 Å². The fraction of sp³-hybridized carbons (Fsp3) is 0.273. The molecule has 9 heteroatoms. The first kappa shape index (κ1) is 19.5. The molecule has 2 aromatic heterocycles. The zero-order valence-electron chi connectivity index (χ0n) is 16.7. The molecule has 1 aromatic carbocycles. The number of benzene rings is 1. The number of hydrogen-bond donors (Lipinski definition) is 0. The molecule has 31 heavy (non-hydrogen) atoms. The van der Waals surface area contributed by atoms with E-state index in [0.29, 0.717) is 50.0 Å². The number of fused-ring (bicyclic) bond motifs is 1. The highest BCUT2D eigenvalue weighted by Gasteiger charge is 2.27. The SMILES string of the molecule is O=C(c1cnccn1)N1CCN(C(=O)c2ccc(-c3ccc4c(c3)OCCO4)s2)CC1. The second-order valence-electron chi connectivity index (χ2n) is 7.20. The maximum absolute atomic E-state index is 13.0. The summed E-state index contributed by atoms with van der Waals surface area (Å²) in [6.45, 7) is 3.02. The monoisotopic (exact) mass is 436 g/mol. The molecule has 2 aliphatic rings. The van der Waals surface area contributed by atoms with Crippen molar-refractivity contribution in [3.63, 3.8) is 0 Å². The number of hydrogen-bond acceptors (Lipinski definition) is 7. The van der Waals surface area contributed by atoms with Gasteiger partial charge in [-0.05, 0) is 35.9 Å². The molecule has 0 N–H and O–H groups in total. The molecule has 0 aliphatic carbocycles. The van der Waals surface area contributed by atoms with Crippen LogP contribution in [0.5, 0.6) is 11.5 Å². The molecule has 2 aliphatic heterocycles. The van der Waals surface area contributed by atoms with Gasteiger partial charge in [-0.1, -0.05) is 0 Å². The van der Waals surface area contributed by atoms with Crippen LogP contribution in [0.25, 0.3) is 10.4 Å². The third kappa shape index (κ3) is 3.96. The van der Waals surface area contributed by atoms with Crippen molar-refractivity contribution in [3.8, 4) is 21.9 Å². The lowest BCUT2D eigenvalue weighted by atomic mass is 10.1. The Morgan fingerprint density at radius 3 is 2.35 bits per heavy atom. The summed E-state index contributed by atoms with van der Waals surface area (Å²) in [5.41, 5.74) is 1.32. The number of carbonyl (C=O) groups excluding carboxylic acids is 2. The van der Waals surface area contributed by atoms with Crippen molar-refractivity contribution in [2.24, 2.45) is 0 Å². The first-order valence-electron chi connectivity index (χ1n) is 10.0. The molecule has 0 spiro atoms. The quantitative estimate of drug-likeness (QED) is 0.628. The molecule has 4 heterocycles. The highest BCUT2D eigenvalue weighted by Crippen LogP contribution is 2.37. The molecule has 2 amide bonds. The second-order valence-corrected chi connectivity index (χ2v) is 8.28. The van der Waals surface area contributed by atoms with Crippen molar-refractivity contribution in [2.75, 3.05) is 39.4 Å². The molecular weight excluding hydrogens is 416 g/mol. The summed E-state index contributed by atoms with van der Waals surface area (Å²) >= 11 is 1.46. The Morgan fingerprint density at radius 2 is 1.61 bits per heavy atom. The lowest BCUT2D eigenvalue weighted by Crippen LogP contribution is -2.50. The number of aromatic nitrogens is 2. The molecule has 158 valence electrons. The Hall–Kier alpha value is -3.46. The summed E-state index contributed by atoms with van der Waals surface area (Å²) < 4.78 is 11.2. The van der Waals surface area contributed by atoms with E-state index in [9.17, 15) is 9.59 Å². The average Bonchev–Trinajstić information content (AvgIpc) is 3.34. The van der Waals surface area contributed by atoms with E-state index >= 15 is 0 Å². The van der Waals surface area contributed by atoms with Gasteiger partial charge in [-0.3, -0.25) is 14.6 Å². The third-order valence-corrected chi connectivity index (χ3v) is 6.40. The normalized spacial score (nSPS) is 15.6. The van der Waals surface area contributed by atoms with Crippen molar-refractivity contribution < 1.29 is 19.1 Å². The minimum atomic E-state index is -0.155. The fourth-order valence-electron chi connectivity index (χ4n) is 3.64. The van der Waals surface area contributed by atoms with E-state index in [1.165, 1.54) is 29.9 Å². The number of amides is 2. The van der Waals surface area contributed by atoms with Crippen molar-refractivity contribution in [1.82, 2.24) is 19.8 Å². The molecule has 0 saturated carbocycles. The van der Waals surface area contributed by atoms with Crippen LogP contribution < -0.4 is 9.47 Å². The largest absolute Gasteiger partial charge is 0.486 e. The first-order valence-corrected chi connectivity index (χ1v) is 10.8. The minimum Gasteiger partial charge on any atom is -0.486 e. The van der Waals surface area contributed by atoms with Gasteiger partial charge < -0.3 is 19.3 Å². The van der Waals surface area contributed by atoms with Crippen LogP contribution in [-0.2, 0) is 0 Å². The second kappa shape index (κ2) is 8.35. The summed E-state index contributed by atoms with van der Waals surface area (Å²) in [6.07, 6.45) is 4.50.